The van der Waals surface area contributed by atoms with Gasteiger partial charge in [0, 0.05) is 19.6 Å². The number of hydrogen-bond donors (Lipinski definition) is 1. The maximum atomic E-state index is 9.72. The molecular formula is C10H21NO. The van der Waals surface area contributed by atoms with Crippen molar-refractivity contribution in [3.05, 3.63) is 0 Å². The summed E-state index contributed by atoms with van der Waals surface area (Å²) in [5.74, 6) is 0. The fourth-order valence-electron chi connectivity index (χ4n) is 1.84. The number of likely N-dealkylation sites (tertiary alicyclic amines) is 1. The first-order valence-corrected chi connectivity index (χ1v) is 4.73. The lowest BCUT2D eigenvalue weighted by Crippen LogP contribution is -2.34. The lowest BCUT2D eigenvalue weighted by molar-refractivity contribution is 0.0642. The van der Waals surface area contributed by atoms with Gasteiger partial charge in [0.15, 0.2) is 0 Å². The first-order chi connectivity index (χ1) is 5.29. The summed E-state index contributed by atoms with van der Waals surface area (Å²) < 4.78 is 0. The summed E-state index contributed by atoms with van der Waals surface area (Å²) in [6.45, 7) is 11.6. The third-order valence-corrected chi connectivity index (χ3v) is 2.23. The topological polar surface area (TPSA) is 23.5 Å². The van der Waals surface area contributed by atoms with Gasteiger partial charge in [0.25, 0.3) is 0 Å². The minimum absolute atomic E-state index is 0.348. The molecule has 2 nitrogen and oxygen atoms in total. The van der Waals surface area contributed by atoms with Crippen molar-refractivity contribution in [1.82, 2.24) is 4.90 Å². The molecule has 0 amide bonds. The Morgan fingerprint density at radius 2 is 2.00 bits per heavy atom. The predicted octanol–water partition coefficient (Wildman–Crippen LogP) is 1.49. The van der Waals surface area contributed by atoms with Crippen LogP contribution in [0.3, 0.4) is 0 Å². The largest absolute Gasteiger partial charge is 0.389 e. The van der Waals surface area contributed by atoms with E-state index in [0.29, 0.717) is 5.41 Å². The minimum Gasteiger partial charge on any atom is -0.389 e. The summed E-state index contributed by atoms with van der Waals surface area (Å²) in [7, 11) is 0. The zero-order valence-corrected chi connectivity index (χ0v) is 8.72. The number of hydrogen-bond acceptors (Lipinski definition) is 2. The number of aliphatic hydroxyl groups is 1. The average molecular weight is 171 g/mol. The molecule has 0 aliphatic carbocycles. The van der Waals surface area contributed by atoms with E-state index >= 15 is 0 Å². The summed E-state index contributed by atoms with van der Waals surface area (Å²) in [5, 5.41) is 9.72. The van der Waals surface area contributed by atoms with Crippen molar-refractivity contribution in [3.8, 4) is 0 Å². The van der Waals surface area contributed by atoms with Crippen molar-refractivity contribution in [2.75, 3.05) is 19.6 Å². The van der Waals surface area contributed by atoms with E-state index in [1.165, 1.54) is 0 Å². The smallest absolute Gasteiger partial charge is 0.0758 e. The molecule has 1 heterocycles. The minimum atomic E-state index is -0.439. The zero-order chi connectivity index (χ0) is 9.41. The second-order valence-corrected chi connectivity index (χ2v) is 5.52. The number of rotatable bonds is 1. The Morgan fingerprint density at radius 3 is 2.33 bits per heavy atom. The van der Waals surface area contributed by atoms with Gasteiger partial charge in [-0.25, -0.2) is 0 Å². The third kappa shape index (κ3) is 3.11. The van der Waals surface area contributed by atoms with Crippen molar-refractivity contribution in [2.24, 2.45) is 5.41 Å². The Hall–Kier alpha value is -0.0800. The predicted molar refractivity (Wildman–Crippen MR) is 51.1 cm³/mol. The molecule has 1 fully saturated rings. The molecule has 12 heavy (non-hydrogen) atoms. The molecule has 0 aromatic rings. The molecule has 0 radical (unpaired) electrons. The molecule has 1 aliphatic heterocycles. The standard InChI is InChI=1S/C10H21NO/c1-9(2,3)7-11-6-5-10(4,12)8-11/h12H,5-8H2,1-4H3. The van der Waals surface area contributed by atoms with Crippen molar-refractivity contribution >= 4 is 0 Å². The lowest BCUT2D eigenvalue weighted by atomic mass is 9.96. The van der Waals surface area contributed by atoms with E-state index in [1.54, 1.807) is 0 Å². The molecule has 0 bridgehead atoms. The van der Waals surface area contributed by atoms with Crippen LogP contribution in [0.25, 0.3) is 0 Å². The van der Waals surface area contributed by atoms with E-state index in [9.17, 15) is 5.11 Å². The molecule has 1 unspecified atom stereocenters. The van der Waals surface area contributed by atoms with Gasteiger partial charge in [-0.3, -0.25) is 4.90 Å². The maximum Gasteiger partial charge on any atom is 0.0758 e. The molecule has 0 aromatic heterocycles. The number of β-amino-alcohol motifs (C(OH)–C–C–N with tert-alkyl or cyclic N) is 1. The maximum absolute atomic E-state index is 9.72. The molecule has 0 aromatic carbocycles. The van der Waals surface area contributed by atoms with Gasteiger partial charge in [-0.05, 0) is 18.8 Å². The molecule has 1 atom stereocenters. The summed E-state index contributed by atoms with van der Waals surface area (Å²) >= 11 is 0. The van der Waals surface area contributed by atoms with Crippen molar-refractivity contribution in [1.29, 1.82) is 0 Å². The summed E-state index contributed by atoms with van der Waals surface area (Å²) in [4.78, 5) is 2.35. The molecule has 0 saturated carbocycles. The van der Waals surface area contributed by atoms with Gasteiger partial charge in [-0.1, -0.05) is 20.8 Å². The Kier molecular flexibility index (Phi) is 2.50. The quantitative estimate of drug-likeness (QED) is 0.646. The molecule has 1 saturated heterocycles. The summed E-state index contributed by atoms with van der Waals surface area (Å²) in [5.41, 5.74) is -0.0916. The second kappa shape index (κ2) is 3.00. The van der Waals surface area contributed by atoms with E-state index < -0.39 is 5.60 Å². The normalized spacial score (nSPS) is 32.8. The fraction of sp³-hybridized carbons (Fsp3) is 1.00. The van der Waals surface area contributed by atoms with Gasteiger partial charge in [0.05, 0.1) is 5.60 Å². The Morgan fingerprint density at radius 1 is 1.42 bits per heavy atom. The highest BCUT2D eigenvalue weighted by molar-refractivity contribution is 4.87. The van der Waals surface area contributed by atoms with E-state index in [2.05, 4.69) is 25.7 Å². The Balaban J connectivity index is 2.39. The molecule has 1 N–H and O–H groups in total. The van der Waals surface area contributed by atoms with Gasteiger partial charge in [0.2, 0.25) is 0 Å². The highest BCUT2D eigenvalue weighted by Gasteiger charge is 2.32. The van der Waals surface area contributed by atoms with Gasteiger partial charge in [-0.15, -0.1) is 0 Å². The van der Waals surface area contributed by atoms with Crippen LogP contribution in [-0.4, -0.2) is 35.2 Å². The van der Waals surface area contributed by atoms with E-state index in [1.807, 2.05) is 6.92 Å². The van der Waals surface area contributed by atoms with E-state index in [0.717, 1.165) is 26.1 Å². The van der Waals surface area contributed by atoms with Crippen LogP contribution in [0.1, 0.15) is 34.1 Å². The third-order valence-electron chi connectivity index (χ3n) is 2.23. The van der Waals surface area contributed by atoms with Crippen LogP contribution in [0.4, 0.5) is 0 Å². The second-order valence-electron chi connectivity index (χ2n) is 5.52. The Bertz CT molecular complexity index is 158. The molecule has 2 heteroatoms. The van der Waals surface area contributed by atoms with Crippen molar-refractivity contribution < 1.29 is 5.11 Å². The van der Waals surface area contributed by atoms with Gasteiger partial charge in [0.1, 0.15) is 0 Å². The highest BCUT2D eigenvalue weighted by atomic mass is 16.3. The van der Waals surface area contributed by atoms with Crippen LogP contribution >= 0.6 is 0 Å². The monoisotopic (exact) mass is 171 g/mol. The summed E-state index contributed by atoms with van der Waals surface area (Å²) in [6, 6.07) is 0. The van der Waals surface area contributed by atoms with Crippen LogP contribution in [0.5, 0.6) is 0 Å². The van der Waals surface area contributed by atoms with Gasteiger partial charge in [-0.2, -0.15) is 0 Å². The van der Waals surface area contributed by atoms with E-state index in [4.69, 9.17) is 0 Å². The average Bonchev–Trinajstić information content (AvgIpc) is 2.05. The van der Waals surface area contributed by atoms with Crippen LogP contribution in [0, 0.1) is 5.41 Å². The summed E-state index contributed by atoms with van der Waals surface area (Å²) in [6.07, 6.45) is 0.920. The van der Waals surface area contributed by atoms with Crippen LogP contribution in [-0.2, 0) is 0 Å². The van der Waals surface area contributed by atoms with Crippen molar-refractivity contribution in [3.63, 3.8) is 0 Å². The highest BCUT2D eigenvalue weighted by Crippen LogP contribution is 2.24. The van der Waals surface area contributed by atoms with E-state index in [-0.39, 0.29) is 0 Å². The lowest BCUT2D eigenvalue weighted by Gasteiger charge is -2.26. The van der Waals surface area contributed by atoms with Crippen LogP contribution in [0.15, 0.2) is 0 Å². The van der Waals surface area contributed by atoms with Gasteiger partial charge < -0.3 is 5.11 Å². The zero-order valence-electron chi connectivity index (χ0n) is 8.72. The van der Waals surface area contributed by atoms with Gasteiger partial charge >= 0.3 is 0 Å². The molecule has 1 aliphatic rings. The van der Waals surface area contributed by atoms with Crippen LogP contribution < -0.4 is 0 Å². The van der Waals surface area contributed by atoms with Crippen LogP contribution in [0.2, 0.25) is 0 Å². The SMILES string of the molecule is CC(C)(C)CN1CCC(C)(O)C1. The Labute approximate surface area is 75.6 Å². The number of nitrogens with zero attached hydrogens (tertiary/aromatic N) is 1. The molecule has 0 spiro atoms. The first kappa shape index (κ1) is 10.0. The molecule has 72 valence electrons. The molecular weight excluding hydrogens is 150 g/mol. The molecule has 1 rings (SSSR count). The van der Waals surface area contributed by atoms with Crippen molar-refractivity contribution in [2.45, 2.75) is 39.7 Å². The first-order valence-electron chi connectivity index (χ1n) is 4.73. The fourth-order valence-corrected chi connectivity index (χ4v) is 1.84.